The van der Waals surface area contributed by atoms with Crippen molar-refractivity contribution in [1.29, 1.82) is 0 Å². The normalized spacial score (nSPS) is 39.6. The Morgan fingerprint density at radius 3 is 2.77 bits per heavy atom. The van der Waals surface area contributed by atoms with Crippen LogP contribution in [0.25, 0.3) is 0 Å². The molecule has 0 amide bonds. The Bertz CT molecular complexity index is 1540. The molecule has 0 unspecified atom stereocenters. The zero-order valence-electron chi connectivity index (χ0n) is 24.6. The van der Waals surface area contributed by atoms with Crippen molar-refractivity contribution in [3.05, 3.63) is 77.2 Å². The molecule has 1 aliphatic heterocycles. The summed E-state index contributed by atoms with van der Waals surface area (Å²) < 4.78 is 15.2. The second-order valence-corrected chi connectivity index (χ2v) is 13.6. The number of allylic oxidation sites excluding steroid dienone is 4. The summed E-state index contributed by atoms with van der Waals surface area (Å²) in [6.45, 7) is 3.93. The van der Waals surface area contributed by atoms with Crippen LogP contribution in [0.5, 0.6) is 0 Å². The zero-order chi connectivity index (χ0) is 30.3. The van der Waals surface area contributed by atoms with Crippen molar-refractivity contribution < 1.29 is 34.4 Å². The van der Waals surface area contributed by atoms with Gasteiger partial charge in [0.15, 0.2) is 23.5 Å². The lowest BCUT2D eigenvalue weighted by Crippen LogP contribution is -2.63. The van der Waals surface area contributed by atoms with Crippen LogP contribution >= 0.6 is 0 Å². The van der Waals surface area contributed by atoms with Gasteiger partial charge in [0.1, 0.15) is 6.61 Å². The molecule has 5 N–H and O–H groups in total. The minimum atomic E-state index is -1.38. The summed E-state index contributed by atoms with van der Waals surface area (Å²) in [5.41, 5.74) is 7.76. The number of aliphatic hydroxyl groups is 3. The number of nitrogens with two attached hydrogens (primary N) is 1. The van der Waals surface area contributed by atoms with Crippen LogP contribution in [0.4, 0.5) is 5.69 Å². The maximum Gasteiger partial charge on any atom is 0.193 e. The second-order valence-electron chi connectivity index (χ2n) is 13.6. The fourth-order valence-corrected chi connectivity index (χ4v) is 9.61. The highest BCUT2D eigenvalue weighted by atomic mass is 16.7. The molecule has 2 aromatic rings. The highest BCUT2D eigenvalue weighted by Crippen LogP contribution is 2.70. The number of fused-ring (bicyclic) bond motifs is 7. The molecule has 2 heterocycles. The van der Waals surface area contributed by atoms with Gasteiger partial charge in [-0.15, -0.1) is 0 Å². The van der Waals surface area contributed by atoms with Crippen molar-refractivity contribution in [3.8, 4) is 0 Å². The monoisotopic (exact) mass is 588 g/mol. The largest absolute Gasteiger partial charge is 0.398 e. The Kier molecular flexibility index (Phi) is 6.65. The summed E-state index contributed by atoms with van der Waals surface area (Å²) in [4.78, 5) is 25.9. The minimum Gasteiger partial charge on any atom is -0.398 e. The SMILES string of the molecule is C[C@]12C=CC(=O)C=C1CC[C@@H]1[C@@H]2[C@@H](O)C[C@@]2(C)[C@H]1C[C@H]1O[C@@H](c3ccn(Cc4ccc(CO)cc4N)c3)O[C@]12C(=O)CO. The third-order valence-corrected chi connectivity index (χ3v) is 11.6. The first-order valence-electron chi connectivity index (χ1n) is 15.3. The summed E-state index contributed by atoms with van der Waals surface area (Å²) in [7, 11) is 0. The number of hydrogen-bond acceptors (Lipinski definition) is 8. The van der Waals surface area contributed by atoms with E-state index in [4.69, 9.17) is 15.2 Å². The number of Topliss-reactive ketones (excluding diaryl/α,β-unsaturated/α-hetero) is 1. The van der Waals surface area contributed by atoms with Crippen LogP contribution in [0.3, 0.4) is 0 Å². The number of carbonyl (C=O) groups excluding carboxylic acids is 2. The van der Waals surface area contributed by atoms with Gasteiger partial charge >= 0.3 is 0 Å². The van der Waals surface area contributed by atoms with E-state index in [-0.39, 0.29) is 30.1 Å². The summed E-state index contributed by atoms with van der Waals surface area (Å²) in [6, 6.07) is 7.41. The lowest BCUT2D eigenvalue weighted by molar-refractivity contribution is -0.201. The summed E-state index contributed by atoms with van der Waals surface area (Å²) in [6.07, 6.45) is 9.60. The molecule has 43 heavy (non-hydrogen) atoms. The van der Waals surface area contributed by atoms with Crippen LogP contribution in [0.1, 0.15) is 62.5 Å². The number of nitrogen functional groups attached to an aromatic ring is 1. The number of nitrogens with zero attached hydrogens (tertiary/aromatic N) is 1. The van der Waals surface area contributed by atoms with E-state index in [0.29, 0.717) is 25.1 Å². The Hall–Kier alpha value is -3.08. The quantitative estimate of drug-likeness (QED) is 0.377. The van der Waals surface area contributed by atoms with Crippen LogP contribution in [-0.4, -0.2) is 55.9 Å². The maximum atomic E-state index is 13.8. The maximum absolute atomic E-state index is 13.8. The number of benzene rings is 1. The van der Waals surface area contributed by atoms with Crippen molar-refractivity contribution in [2.45, 2.75) is 76.8 Å². The fourth-order valence-electron chi connectivity index (χ4n) is 9.61. The highest BCUT2D eigenvalue weighted by Gasteiger charge is 2.75. The summed E-state index contributed by atoms with van der Waals surface area (Å²) >= 11 is 0. The number of hydrogen-bond donors (Lipinski definition) is 4. The lowest BCUT2D eigenvalue weighted by Gasteiger charge is -2.59. The molecular weight excluding hydrogens is 548 g/mol. The van der Waals surface area contributed by atoms with Crippen molar-refractivity contribution in [2.75, 3.05) is 12.3 Å². The topological polar surface area (TPSA) is 144 Å². The van der Waals surface area contributed by atoms with Crippen LogP contribution in [0.2, 0.25) is 0 Å². The molecule has 0 bridgehead atoms. The van der Waals surface area contributed by atoms with Gasteiger partial charge in [-0.1, -0.05) is 37.6 Å². The smallest absolute Gasteiger partial charge is 0.193 e. The molecule has 0 spiro atoms. The summed E-state index contributed by atoms with van der Waals surface area (Å²) in [5, 5.41) is 31.4. The Morgan fingerprint density at radius 1 is 1.21 bits per heavy atom. The Morgan fingerprint density at radius 2 is 2.02 bits per heavy atom. The molecule has 9 nitrogen and oxygen atoms in total. The molecule has 4 fully saturated rings. The fraction of sp³-hybridized carbons (Fsp3) is 0.529. The van der Waals surface area contributed by atoms with Crippen molar-refractivity contribution >= 4 is 17.3 Å². The number of rotatable bonds is 6. The van der Waals surface area contributed by atoms with Gasteiger partial charge in [0, 0.05) is 46.9 Å². The molecule has 9 heteroatoms. The van der Waals surface area contributed by atoms with Gasteiger partial charge in [-0.05, 0) is 72.9 Å². The van der Waals surface area contributed by atoms with Gasteiger partial charge in [-0.3, -0.25) is 9.59 Å². The zero-order valence-corrected chi connectivity index (χ0v) is 24.6. The second kappa shape index (κ2) is 9.97. The van der Waals surface area contributed by atoms with E-state index in [0.717, 1.165) is 35.1 Å². The van der Waals surface area contributed by atoms with Gasteiger partial charge in [-0.2, -0.15) is 0 Å². The van der Waals surface area contributed by atoms with E-state index in [2.05, 4.69) is 6.92 Å². The molecule has 0 radical (unpaired) electrons. The average Bonchev–Trinajstić information content (AvgIpc) is 3.66. The molecule has 228 valence electrons. The predicted octanol–water partition coefficient (Wildman–Crippen LogP) is 3.21. The number of ketones is 2. The third-order valence-electron chi connectivity index (χ3n) is 11.6. The minimum absolute atomic E-state index is 0.00583. The van der Waals surface area contributed by atoms with Crippen LogP contribution in [-0.2, 0) is 32.2 Å². The molecule has 7 rings (SSSR count). The lowest BCUT2D eigenvalue weighted by atomic mass is 9.46. The van der Waals surface area contributed by atoms with Crippen molar-refractivity contribution in [3.63, 3.8) is 0 Å². The molecule has 1 aromatic heterocycles. The molecule has 1 aromatic carbocycles. The van der Waals surface area contributed by atoms with Gasteiger partial charge in [0.05, 0.1) is 18.8 Å². The number of aliphatic hydroxyl groups excluding tert-OH is 3. The van der Waals surface area contributed by atoms with Crippen LogP contribution in [0, 0.1) is 28.6 Å². The Labute approximate surface area is 251 Å². The average molecular weight is 589 g/mol. The predicted molar refractivity (Wildman–Crippen MR) is 157 cm³/mol. The van der Waals surface area contributed by atoms with Crippen molar-refractivity contribution in [1.82, 2.24) is 4.57 Å². The van der Waals surface area contributed by atoms with Crippen molar-refractivity contribution in [2.24, 2.45) is 28.6 Å². The van der Waals surface area contributed by atoms with Gasteiger partial charge in [-0.25, -0.2) is 0 Å². The molecular formula is C34H40N2O7. The van der Waals surface area contributed by atoms with E-state index in [1.807, 2.05) is 48.2 Å². The first-order chi connectivity index (χ1) is 20.5. The molecule has 4 aliphatic carbocycles. The number of aromatic nitrogens is 1. The van der Waals surface area contributed by atoms with Crippen LogP contribution in [0.15, 0.2) is 60.5 Å². The van der Waals surface area contributed by atoms with Gasteiger partial charge in [0.2, 0.25) is 0 Å². The molecule has 9 atom stereocenters. The van der Waals surface area contributed by atoms with E-state index >= 15 is 0 Å². The number of anilines is 1. The van der Waals surface area contributed by atoms with Crippen LogP contribution < -0.4 is 5.73 Å². The van der Waals surface area contributed by atoms with Gasteiger partial charge in [0.25, 0.3) is 0 Å². The van der Waals surface area contributed by atoms with E-state index in [1.54, 1.807) is 18.2 Å². The number of ether oxygens (including phenoxy) is 2. The number of carbonyl (C=O) groups is 2. The first-order valence-corrected chi connectivity index (χ1v) is 15.3. The van der Waals surface area contributed by atoms with E-state index in [9.17, 15) is 24.9 Å². The highest BCUT2D eigenvalue weighted by molar-refractivity contribution is 6.01. The standard InChI is InChI=1S/C34H40N2O7/c1-32-9-7-23(39)12-22(32)5-6-24-25-13-29-34(28(41)18-38,33(25,2)14-27(40)30(24)32)43-31(42-29)21-8-10-36(16-21)15-20-4-3-19(17-37)11-26(20)35/h3-4,7-12,16,24-25,27,29-31,37-38,40H,5-6,13-15,17-18,35H2,1-2H3/t24-,25-,27-,29+,30+,31+,32-,33-,34+/m0/s1. The van der Waals surface area contributed by atoms with E-state index in [1.165, 1.54) is 0 Å². The summed E-state index contributed by atoms with van der Waals surface area (Å²) in [5.74, 6) is -0.344. The molecule has 1 saturated heterocycles. The van der Waals surface area contributed by atoms with Gasteiger partial charge < -0.3 is 35.1 Å². The molecule has 5 aliphatic rings. The first kappa shape index (κ1) is 28.7. The molecule has 3 saturated carbocycles. The Balaban J connectivity index is 1.18. The van der Waals surface area contributed by atoms with E-state index < -0.39 is 47.3 Å². The third kappa shape index (κ3) is 4.02.